The average Bonchev–Trinajstić information content (AvgIpc) is 2.61. The van der Waals surface area contributed by atoms with Crippen LogP contribution < -0.4 is 0 Å². The summed E-state index contributed by atoms with van der Waals surface area (Å²) in [5.74, 6) is 0. The van der Waals surface area contributed by atoms with E-state index in [2.05, 4.69) is 47.5 Å². The molecule has 0 amide bonds. The third-order valence-electron chi connectivity index (χ3n) is 4.25. The van der Waals surface area contributed by atoms with Crippen molar-refractivity contribution in [1.29, 1.82) is 0 Å². The average molecular weight is 282 g/mol. The Bertz CT molecular complexity index is 691. The van der Waals surface area contributed by atoms with Crippen molar-refractivity contribution in [3.63, 3.8) is 0 Å². The van der Waals surface area contributed by atoms with Crippen molar-refractivity contribution < 1.29 is 0 Å². The molecule has 0 bridgehead atoms. The molecule has 3 aliphatic rings. The van der Waals surface area contributed by atoms with E-state index in [0.29, 0.717) is 0 Å². The number of allylic oxidation sites excluding steroid dienone is 6. The van der Waals surface area contributed by atoms with E-state index in [1.807, 2.05) is 6.08 Å². The van der Waals surface area contributed by atoms with Gasteiger partial charge in [0.2, 0.25) is 0 Å². The molecule has 4 rings (SSSR count). The van der Waals surface area contributed by atoms with Gasteiger partial charge >= 0.3 is 0 Å². The lowest BCUT2D eigenvalue weighted by Crippen LogP contribution is -2.18. The largest absolute Gasteiger partial charge is 0.342 e. The zero-order valence-corrected chi connectivity index (χ0v) is 12.0. The highest BCUT2D eigenvalue weighted by molar-refractivity contribution is 6.31. The van der Waals surface area contributed by atoms with Crippen LogP contribution in [-0.2, 0) is 6.54 Å². The van der Waals surface area contributed by atoms with Gasteiger partial charge in [0.15, 0.2) is 0 Å². The van der Waals surface area contributed by atoms with Gasteiger partial charge in [-0.1, -0.05) is 41.9 Å². The number of hydrogen-bond acceptors (Lipinski definition) is 1. The van der Waals surface area contributed by atoms with Crippen molar-refractivity contribution in [3.05, 3.63) is 76.1 Å². The van der Waals surface area contributed by atoms with Crippen LogP contribution in [0.3, 0.4) is 0 Å². The Hall–Kier alpha value is -1.73. The van der Waals surface area contributed by atoms with E-state index in [4.69, 9.17) is 11.6 Å². The van der Waals surface area contributed by atoms with E-state index in [1.54, 1.807) is 0 Å². The summed E-state index contributed by atoms with van der Waals surface area (Å²) in [6.45, 7) is 0.896. The number of benzene rings is 1. The molecule has 0 saturated heterocycles. The van der Waals surface area contributed by atoms with Crippen LogP contribution in [0.25, 0.3) is 5.57 Å². The second kappa shape index (κ2) is 4.68. The first-order chi connectivity index (χ1) is 9.83. The Kier molecular flexibility index (Phi) is 2.82. The summed E-state index contributed by atoms with van der Waals surface area (Å²) in [5, 5.41) is 0.801. The monoisotopic (exact) mass is 281 g/mol. The lowest BCUT2D eigenvalue weighted by Gasteiger charge is -2.26. The standard InChI is InChI=1S/C18H16ClN/c19-14-9-10-18-17-8-4-3-7-16(17)15-6-2-1-5-13(15)11-20(18)12-14/h1-2,5-7,9-10,12H,3-4,8,11H2. The maximum atomic E-state index is 6.19. The summed E-state index contributed by atoms with van der Waals surface area (Å²) < 4.78 is 0. The lowest BCUT2D eigenvalue weighted by atomic mass is 9.86. The van der Waals surface area contributed by atoms with Crippen molar-refractivity contribution in [2.45, 2.75) is 25.8 Å². The van der Waals surface area contributed by atoms with Crippen LogP contribution in [-0.4, -0.2) is 4.90 Å². The van der Waals surface area contributed by atoms with Crippen LogP contribution in [0.4, 0.5) is 0 Å². The van der Waals surface area contributed by atoms with Gasteiger partial charge < -0.3 is 4.90 Å². The molecule has 0 N–H and O–H groups in total. The zero-order chi connectivity index (χ0) is 13.5. The summed E-state index contributed by atoms with van der Waals surface area (Å²) in [6.07, 6.45) is 12.2. The van der Waals surface area contributed by atoms with Crippen LogP contribution in [0.1, 0.15) is 30.4 Å². The van der Waals surface area contributed by atoms with Gasteiger partial charge in [0, 0.05) is 18.4 Å². The molecule has 2 heteroatoms. The van der Waals surface area contributed by atoms with Crippen molar-refractivity contribution >= 4 is 17.2 Å². The molecule has 1 aromatic rings. The quantitative estimate of drug-likeness (QED) is 0.649. The summed E-state index contributed by atoms with van der Waals surface area (Å²) in [4.78, 5) is 2.29. The van der Waals surface area contributed by atoms with Crippen molar-refractivity contribution in [3.8, 4) is 0 Å². The van der Waals surface area contributed by atoms with E-state index < -0.39 is 0 Å². The summed E-state index contributed by atoms with van der Waals surface area (Å²) in [5.41, 5.74) is 6.99. The summed E-state index contributed by atoms with van der Waals surface area (Å²) in [6, 6.07) is 8.74. The van der Waals surface area contributed by atoms with Crippen molar-refractivity contribution in [1.82, 2.24) is 4.90 Å². The van der Waals surface area contributed by atoms with E-state index in [1.165, 1.54) is 40.8 Å². The Labute approximate surface area is 124 Å². The van der Waals surface area contributed by atoms with Crippen LogP contribution in [0, 0.1) is 0 Å². The van der Waals surface area contributed by atoms with E-state index in [0.717, 1.165) is 18.0 Å². The first kappa shape index (κ1) is 12.0. The van der Waals surface area contributed by atoms with Gasteiger partial charge in [0.25, 0.3) is 0 Å². The molecular formula is C18H16ClN. The molecule has 0 spiro atoms. The maximum Gasteiger partial charge on any atom is 0.0569 e. The fourth-order valence-corrected chi connectivity index (χ4v) is 3.53. The van der Waals surface area contributed by atoms with E-state index in [-0.39, 0.29) is 0 Å². The second-order valence-electron chi connectivity index (χ2n) is 5.51. The van der Waals surface area contributed by atoms with Crippen LogP contribution >= 0.6 is 11.6 Å². The number of nitrogens with zero attached hydrogens (tertiary/aromatic N) is 1. The topological polar surface area (TPSA) is 3.24 Å². The molecule has 0 radical (unpaired) electrons. The molecule has 0 atom stereocenters. The third kappa shape index (κ3) is 1.85. The Morgan fingerprint density at radius 1 is 1.10 bits per heavy atom. The van der Waals surface area contributed by atoms with Crippen molar-refractivity contribution in [2.24, 2.45) is 0 Å². The van der Waals surface area contributed by atoms with Crippen LogP contribution in [0.15, 0.2) is 65.0 Å². The Morgan fingerprint density at radius 3 is 2.95 bits per heavy atom. The number of hydrogen-bond donors (Lipinski definition) is 0. The fourth-order valence-electron chi connectivity index (χ4n) is 3.35. The van der Waals surface area contributed by atoms with Gasteiger partial charge in [0.1, 0.15) is 0 Å². The number of halogens is 1. The molecule has 0 saturated carbocycles. The zero-order valence-electron chi connectivity index (χ0n) is 11.3. The minimum atomic E-state index is 0.801. The predicted octanol–water partition coefficient (Wildman–Crippen LogP) is 4.97. The van der Waals surface area contributed by atoms with E-state index in [9.17, 15) is 0 Å². The number of rotatable bonds is 0. The van der Waals surface area contributed by atoms with Gasteiger partial charge in [-0.25, -0.2) is 0 Å². The smallest absolute Gasteiger partial charge is 0.0569 e. The molecule has 0 aromatic heterocycles. The molecule has 100 valence electrons. The van der Waals surface area contributed by atoms with Gasteiger partial charge in [-0.15, -0.1) is 0 Å². The number of fused-ring (bicyclic) bond motifs is 4. The fraction of sp³-hybridized carbons (Fsp3) is 0.222. The minimum Gasteiger partial charge on any atom is -0.342 e. The molecule has 2 aliphatic heterocycles. The van der Waals surface area contributed by atoms with E-state index >= 15 is 0 Å². The Morgan fingerprint density at radius 2 is 2.00 bits per heavy atom. The molecule has 1 nitrogen and oxygen atoms in total. The molecule has 1 aromatic carbocycles. The van der Waals surface area contributed by atoms with Gasteiger partial charge in [-0.05, 0) is 53.7 Å². The SMILES string of the molecule is ClC1=CN2Cc3ccccc3C3=CCCCC3=C2C=C1. The minimum absolute atomic E-state index is 0.801. The predicted molar refractivity (Wildman–Crippen MR) is 83.9 cm³/mol. The molecule has 0 fully saturated rings. The molecular weight excluding hydrogens is 266 g/mol. The summed E-state index contributed by atoms with van der Waals surface area (Å²) >= 11 is 6.19. The Balaban J connectivity index is 1.97. The highest BCUT2D eigenvalue weighted by Crippen LogP contribution is 2.41. The van der Waals surface area contributed by atoms with Gasteiger partial charge in [0.05, 0.1) is 5.03 Å². The summed E-state index contributed by atoms with van der Waals surface area (Å²) in [7, 11) is 0. The second-order valence-corrected chi connectivity index (χ2v) is 5.94. The van der Waals surface area contributed by atoms with Gasteiger partial charge in [-0.2, -0.15) is 0 Å². The first-order valence-corrected chi connectivity index (χ1v) is 7.55. The molecule has 20 heavy (non-hydrogen) atoms. The van der Waals surface area contributed by atoms with Crippen LogP contribution in [0.2, 0.25) is 0 Å². The van der Waals surface area contributed by atoms with Gasteiger partial charge in [-0.3, -0.25) is 0 Å². The maximum absolute atomic E-state index is 6.19. The normalized spacial score (nSPS) is 20.6. The highest BCUT2D eigenvalue weighted by atomic mass is 35.5. The molecule has 1 aliphatic carbocycles. The first-order valence-electron chi connectivity index (χ1n) is 7.17. The highest BCUT2D eigenvalue weighted by Gasteiger charge is 2.25. The molecule has 0 unspecified atom stereocenters. The van der Waals surface area contributed by atoms with Crippen molar-refractivity contribution in [2.75, 3.05) is 0 Å². The molecule has 2 heterocycles. The third-order valence-corrected chi connectivity index (χ3v) is 4.47. The van der Waals surface area contributed by atoms with Crippen LogP contribution in [0.5, 0.6) is 0 Å². The lowest BCUT2D eigenvalue weighted by molar-refractivity contribution is 0.465.